The highest BCUT2D eigenvalue weighted by Crippen LogP contribution is 2.33. The van der Waals surface area contributed by atoms with Gasteiger partial charge in [-0.1, -0.05) is 19.6 Å². The fourth-order valence-corrected chi connectivity index (χ4v) is 2.77. The first-order valence-electron chi connectivity index (χ1n) is 6.86. The number of hydrogen-bond acceptors (Lipinski definition) is 3. The molecule has 0 radical (unpaired) electrons. The van der Waals surface area contributed by atoms with Crippen LogP contribution in [0.3, 0.4) is 0 Å². The summed E-state index contributed by atoms with van der Waals surface area (Å²) in [5.74, 6) is -0.303. The summed E-state index contributed by atoms with van der Waals surface area (Å²) in [4.78, 5) is 23.8. The molecule has 0 aromatic heterocycles. The van der Waals surface area contributed by atoms with E-state index < -0.39 is 5.72 Å². The molecule has 1 atom stereocenters. The van der Waals surface area contributed by atoms with Crippen molar-refractivity contribution in [3.05, 3.63) is 46.7 Å². The van der Waals surface area contributed by atoms with Crippen LogP contribution in [0.2, 0.25) is 0 Å². The number of nitrogens with one attached hydrogen (secondary N) is 2. The van der Waals surface area contributed by atoms with Gasteiger partial charge in [-0.15, -0.1) is 0 Å². The molecule has 0 fully saturated rings. The lowest BCUT2D eigenvalue weighted by atomic mass is 9.99. The summed E-state index contributed by atoms with van der Waals surface area (Å²) in [6, 6.07) is 0. The maximum atomic E-state index is 11.9. The summed E-state index contributed by atoms with van der Waals surface area (Å²) < 4.78 is 5.55. The Kier molecular flexibility index (Phi) is 3.87. The zero-order valence-corrected chi connectivity index (χ0v) is 12.8. The third-order valence-corrected chi connectivity index (χ3v) is 4.05. The molecule has 0 saturated carbocycles. The molecule has 0 spiro atoms. The molecule has 112 valence electrons. The molecule has 1 unspecified atom stereocenters. The van der Waals surface area contributed by atoms with Gasteiger partial charge in [0.2, 0.25) is 5.91 Å². The smallest absolute Gasteiger partial charge is 0.251 e. The number of amides is 2. The number of carbonyl (C=O) groups is 2. The first-order chi connectivity index (χ1) is 9.90. The van der Waals surface area contributed by atoms with Gasteiger partial charge in [-0.25, -0.2) is 0 Å². The molecule has 2 aliphatic rings. The Morgan fingerprint density at radius 2 is 1.90 bits per heavy atom. The second-order valence-corrected chi connectivity index (χ2v) is 5.11. The van der Waals surface area contributed by atoms with Crippen LogP contribution in [0, 0.1) is 0 Å². The van der Waals surface area contributed by atoms with Gasteiger partial charge < -0.3 is 15.4 Å². The largest absolute Gasteiger partial charge is 0.351 e. The lowest BCUT2D eigenvalue weighted by Crippen LogP contribution is -2.45. The summed E-state index contributed by atoms with van der Waals surface area (Å²) in [7, 11) is 1.51. The molecule has 5 nitrogen and oxygen atoms in total. The number of allylic oxidation sites excluding steroid dienone is 1. The Bertz CT molecular complexity index is 625. The zero-order valence-electron chi connectivity index (χ0n) is 12.8. The van der Waals surface area contributed by atoms with Crippen molar-refractivity contribution in [1.82, 2.24) is 10.6 Å². The molecule has 0 aromatic rings. The standard InChI is InChI=1S/C16H20N2O3/c1-6-11-9(3)13(17-15(11)20)8-16(21-5)12(7-2)10(4)14(19)18-16/h7-8H,2,6H2,1,3-5H3,(H,17,20)(H,18,19). The fraction of sp³-hybridized carbons (Fsp3) is 0.375. The van der Waals surface area contributed by atoms with Crippen LogP contribution in [0.5, 0.6) is 0 Å². The van der Waals surface area contributed by atoms with E-state index in [1.807, 2.05) is 13.8 Å². The van der Waals surface area contributed by atoms with Crippen LogP contribution in [-0.2, 0) is 14.3 Å². The van der Waals surface area contributed by atoms with Gasteiger partial charge in [0.25, 0.3) is 5.91 Å². The second kappa shape index (κ2) is 5.33. The van der Waals surface area contributed by atoms with Crippen LogP contribution >= 0.6 is 0 Å². The monoisotopic (exact) mass is 288 g/mol. The molecule has 2 heterocycles. The fourth-order valence-electron chi connectivity index (χ4n) is 2.77. The Morgan fingerprint density at radius 3 is 2.38 bits per heavy atom. The van der Waals surface area contributed by atoms with Crippen molar-refractivity contribution in [1.29, 1.82) is 0 Å². The van der Waals surface area contributed by atoms with Crippen molar-refractivity contribution in [2.24, 2.45) is 0 Å². The van der Waals surface area contributed by atoms with Gasteiger partial charge in [0.05, 0.1) is 0 Å². The summed E-state index contributed by atoms with van der Waals surface area (Å²) in [5, 5.41) is 5.63. The summed E-state index contributed by atoms with van der Waals surface area (Å²) in [6.07, 6.45) is 3.99. The van der Waals surface area contributed by atoms with E-state index in [4.69, 9.17) is 4.74 Å². The molecule has 5 heteroatoms. The van der Waals surface area contributed by atoms with E-state index in [-0.39, 0.29) is 11.8 Å². The Hall–Kier alpha value is -2.14. The molecule has 2 rings (SSSR count). The summed E-state index contributed by atoms with van der Waals surface area (Å²) >= 11 is 0. The van der Waals surface area contributed by atoms with Gasteiger partial charge in [-0.3, -0.25) is 9.59 Å². The van der Waals surface area contributed by atoms with E-state index in [0.29, 0.717) is 23.3 Å². The first kappa shape index (κ1) is 15.3. The molecule has 2 N–H and O–H groups in total. The maximum absolute atomic E-state index is 11.9. The van der Waals surface area contributed by atoms with E-state index >= 15 is 0 Å². The second-order valence-electron chi connectivity index (χ2n) is 5.11. The third kappa shape index (κ3) is 2.23. The van der Waals surface area contributed by atoms with Crippen molar-refractivity contribution in [2.75, 3.05) is 7.11 Å². The van der Waals surface area contributed by atoms with Crippen LogP contribution in [0.25, 0.3) is 0 Å². The summed E-state index contributed by atoms with van der Waals surface area (Å²) in [5.41, 5.74) is 2.42. The molecular formula is C16H20N2O3. The molecule has 0 bridgehead atoms. The van der Waals surface area contributed by atoms with Crippen molar-refractivity contribution in [3.8, 4) is 0 Å². The topological polar surface area (TPSA) is 67.4 Å². The van der Waals surface area contributed by atoms with Crippen molar-refractivity contribution in [2.45, 2.75) is 32.9 Å². The van der Waals surface area contributed by atoms with Gasteiger partial charge in [-0.05, 0) is 31.9 Å². The number of rotatable bonds is 4. The Balaban J connectivity index is 2.53. The van der Waals surface area contributed by atoms with Crippen LogP contribution in [0.15, 0.2) is 46.7 Å². The van der Waals surface area contributed by atoms with E-state index in [1.165, 1.54) is 7.11 Å². The third-order valence-electron chi connectivity index (χ3n) is 4.05. The minimum Gasteiger partial charge on any atom is -0.351 e. The number of ether oxygens (including phenoxy) is 1. The van der Waals surface area contributed by atoms with Gasteiger partial charge in [0.15, 0.2) is 5.72 Å². The van der Waals surface area contributed by atoms with Crippen molar-refractivity contribution < 1.29 is 14.3 Å². The molecule has 0 aromatic carbocycles. The molecule has 2 aliphatic heterocycles. The number of carbonyl (C=O) groups excluding carboxylic acids is 2. The molecule has 21 heavy (non-hydrogen) atoms. The van der Waals surface area contributed by atoms with E-state index in [1.54, 1.807) is 19.1 Å². The lowest BCUT2D eigenvalue weighted by molar-refractivity contribution is -0.120. The van der Waals surface area contributed by atoms with Crippen molar-refractivity contribution in [3.63, 3.8) is 0 Å². The lowest BCUT2D eigenvalue weighted by Gasteiger charge is -2.27. The predicted octanol–water partition coefficient (Wildman–Crippen LogP) is 1.70. The highest BCUT2D eigenvalue weighted by Gasteiger charge is 2.42. The average Bonchev–Trinajstić information content (AvgIpc) is 2.85. The van der Waals surface area contributed by atoms with E-state index in [9.17, 15) is 9.59 Å². The normalized spacial score (nSPS) is 27.5. The first-order valence-corrected chi connectivity index (χ1v) is 6.86. The Morgan fingerprint density at radius 1 is 1.24 bits per heavy atom. The SMILES string of the molecule is C=CC1=C(C)C(=O)NC1(C=C1NC(=O)C(CC)=C1C)OC. The quantitative estimate of drug-likeness (QED) is 0.827. The van der Waals surface area contributed by atoms with Gasteiger partial charge >= 0.3 is 0 Å². The van der Waals surface area contributed by atoms with E-state index in [2.05, 4.69) is 17.2 Å². The minimum atomic E-state index is -1.09. The highest BCUT2D eigenvalue weighted by atomic mass is 16.5. The predicted molar refractivity (Wildman–Crippen MR) is 80.0 cm³/mol. The van der Waals surface area contributed by atoms with Crippen molar-refractivity contribution >= 4 is 11.8 Å². The molecular weight excluding hydrogens is 268 g/mol. The van der Waals surface area contributed by atoms with Crippen LogP contribution in [0.4, 0.5) is 0 Å². The van der Waals surface area contributed by atoms with Crippen LogP contribution in [0.1, 0.15) is 27.2 Å². The maximum Gasteiger partial charge on any atom is 0.251 e. The highest BCUT2D eigenvalue weighted by molar-refractivity contribution is 6.01. The Labute approximate surface area is 124 Å². The van der Waals surface area contributed by atoms with Gasteiger partial charge in [0, 0.05) is 29.5 Å². The summed E-state index contributed by atoms with van der Waals surface area (Å²) in [6.45, 7) is 9.29. The number of methoxy groups -OCH3 is 1. The molecule has 2 amide bonds. The van der Waals surface area contributed by atoms with E-state index in [0.717, 1.165) is 11.1 Å². The molecule has 0 saturated heterocycles. The average molecular weight is 288 g/mol. The van der Waals surface area contributed by atoms with Crippen LogP contribution in [-0.4, -0.2) is 24.6 Å². The van der Waals surface area contributed by atoms with Gasteiger partial charge in [-0.2, -0.15) is 0 Å². The number of hydrogen-bond donors (Lipinski definition) is 2. The van der Waals surface area contributed by atoms with Gasteiger partial charge in [0.1, 0.15) is 0 Å². The zero-order chi connectivity index (χ0) is 15.8. The molecule has 0 aliphatic carbocycles. The van der Waals surface area contributed by atoms with Crippen LogP contribution < -0.4 is 10.6 Å². The minimum absolute atomic E-state index is 0.0994.